The molecule has 0 radical (unpaired) electrons. The van der Waals surface area contributed by atoms with Crippen molar-refractivity contribution in [3.63, 3.8) is 0 Å². The summed E-state index contributed by atoms with van der Waals surface area (Å²) in [7, 11) is 0. The second-order valence-electron chi connectivity index (χ2n) is 8.22. The van der Waals surface area contributed by atoms with Crippen LogP contribution in [0, 0.1) is 6.92 Å². The minimum Gasteiger partial charge on any atom is -0.481 e. The fourth-order valence-electron chi connectivity index (χ4n) is 4.01. The van der Waals surface area contributed by atoms with Crippen LogP contribution >= 0.6 is 0 Å². The van der Waals surface area contributed by atoms with Crippen molar-refractivity contribution in [2.75, 3.05) is 6.54 Å². The Balaban J connectivity index is 1.87. The summed E-state index contributed by atoms with van der Waals surface area (Å²) < 4.78 is 0. The molecule has 7 heteroatoms. The summed E-state index contributed by atoms with van der Waals surface area (Å²) in [6.07, 6.45) is 8.94. The van der Waals surface area contributed by atoms with E-state index >= 15 is 0 Å². The van der Waals surface area contributed by atoms with Gasteiger partial charge in [-0.3, -0.25) is 9.59 Å². The highest BCUT2D eigenvalue weighted by Crippen LogP contribution is 2.21. The van der Waals surface area contributed by atoms with Crippen molar-refractivity contribution < 1.29 is 29.7 Å². The highest BCUT2D eigenvalue weighted by atomic mass is 16.4. The number of piperidine rings is 1. The summed E-state index contributed by atoms with van der Waals surface area (Å²) in [5.41, 5.74) is 1.78. The molecule has 170 valence electrons. The lowest BCUT2D eigenvalue weighted by atomic mass is 9.98. The average molecular weight is 432 g/mol. The van der Waals surface area contributed by atoms with E-state index in [0.29, 0.717) is 31.4 Å². The summed E-state index contributed by atoms with van der Waals surface area (Å²) in [4.78, 5) is 35.9. The topological polar surface area (TPSA) is 115 Å². The van der Waals surface area contributed by atoms with Gasteiger partial charge in [-0.2, -0.15) is 0 Å². The van der Waals surface area contributed by atoms with Gasteiger partial charge in [-0.25, -0.2) is 4.79 Å². The molecule has 7 nitrogen and oxygen atoms in total. The number of unbranched alkanes of at least 4 members (excludes halogenated alkanes) is 3. The minimum absolute atomic E-state index is 0.0361. The summed E-state index contributed by atoms with van der Waals surface area (Å²) in [6, 6.07) is 5.02. The van der Waals surface area contributed by atoms with Crippen LogP contribution in [-0.2, 0) is 16.0 Å². The molecule has 2 atom stereocenters. The molecule has 0 aliphatic carbocycles. The molecule has 0 aromatic heterocycles. The number of hydrogen-bond donors (Lipinski definition) is 3. The molecular weight excluding hydrogens is 398 g/mol. The van der Waals surface area contributed by atoms with E-state index in [1.807, 2.05) is 11.0 Å². The zero-order valence-electron chi connectivity index (χ0n) is 18.1. The number of aryl methyl sites for hydroxylation is 1. The van der Waals surface area contributed by atoms with Gasteiger partial charge in [0.05, 0.1) is 17.7 Å². The second-order valence-corrected chi connectivity index (χ2v) is 8.22. The van der Waals surface area contributed by atoms with Gasteiger partial charge in [0.2, 0.25) is 5.91 Å². The Bertz CT molecular complexity index is 803. The molecule has 1 fully saturated rings. The number of nitrogens with zero attached hydrogens (tertiary/aromatic N) is 1. The largest absolute Gasteiger partial charge is 0.481 e. The molecule has 1 saturated heterocycles. The first-order valence-corrected chi connectivity index (χ1v) is 11.0. The van der Waals surface area contributed by atoms with Crippen molar-refractivity contribution in [2.45, 2.75) is 76.9 Å². The van der Waals surface area contributed by atoms with E-state index in [1.54, 1.807) is 31.2 Å². The number of aliphatic hydroxyl groups is 1. The maximum absolute atomic E-state index is 12.4. The third kappa shape index (κ3) is 8.17. The number of carbonyl (C=O) groups is 3. The van der Waals surface area contributed by atoms with Crippen molar-refractivity contribution in [3.8, 4) is 0 Å². The monoisotopic (exact) mass is 431 g/mol. The van der Waals surface area contributed by atoms with Gasteiger partial charge in [0.25, 0.3) is 0 Å². The van der Waals surface area contributed by atoms with Crippen molar-refractivity contribution >= 4 is 17.8 Å². The molecule has 3 N–H and O–H groups in total. The number of benzene rings is 1. The molecule has 0 bridgehead atoms. The van der Waals surface area contributed by atoms with Gasteiger partial charge in [0.15, 0.2) is 0 Å². The SMILES string of the molecule is Cc1cc(CC(O)C=C[C@H]2CCCC(=O)N2CCCCCCC(=O)O)ccc1C(=O)O. The first-order valence-electron chi connectivity index (χ1n) is 11.0. The number of hydrogen-bond acceptors (Lipinski definition) is 4. The fraction of sp³-hybridized carbons (Fsp3) is 0.542. The molecule has 1 aliphatic rings. The molecule has 1 aromatic rings. The van der Waals surface area contributed by atoms with Crippen LogP contribution in [0.4, 0.5) is 0 Å². The number of carbonyl (C=O) groups excluding carboxylic acids is 1. The van der Waals surface area contributed by atoms with Crippen LogP contribution in [0.25, 0.3) is 0 Å². The maximum atomic E-state index is 12.4. The number of carboxylic acids is 2. The Morgan fingerprint density at radius 1 is 1.19 bits per heavy atom. The van der Waals surface area contributed by atoms with E-state index in [0.717, 1.165) is 37.7 Å². The van der Waals surface area contributed by atoms with Crippen molar-refractivity contribution in [1.82, 2.24) is 4.90 Å². The van der Waals surface area contributed by atoms with Gasteiger partial charge in [0, 0.05) is 25.8 Å². The number of aliphatic hydroxyl groups excluding tert-OH is 1. The van der Waals surface area contributed by atoms with Gasteiger partial charge in [0.1, 0.15) is 0 Å². The van der Waals surface area contributed by atoms with Crippen molar-refractivity contribution in [3.05, 3.63) is 47.0 Å². The summed E-state index contributed by atoms with van der Waals surface area (Å²) in [6.45, 7) is 2.38. The molecule has 1 aliphatic heterocycles. The fourth-order valence-corrected chi connectivity index (χ4v) is 4.01. The molecule has 0 spiro atoms. The van der Waals surface area contributed by atoms with Crippen LogP contribution in [0.2, 0.25) is 0 Å². The Hall–Kier alpha value is -2.67. The van der Waals surface area contributed by atoms with E-state index in [1.165, 1.54) is 0 Å². The zero-order chi connectivity index (χ0) is 22.8. The Morgan fingerprint density at radius 3 is 2.61 bits per heavy atom. The molecule has 1 unspecified atom stereocenters. The van der Waals surface area contributed by atoms with Crippen LogP contribution in [0.1, 0.15) is 72.9 Å². The third-order valence-electron chi connectivity index (χ3n) is 5.67. The minimum atomic E-state index is -0.964. The van der Waals surface area contributed by atoms with E-state index in [-0.39, 0.29) is 23.9 Å². The van der Waals surface area contributed by atoms with Gasteiger partial charge in [-0.05, 0) is 49.8 Å². The predicted octanol–water partition coefficient (Wildman–Crippen LogP) is 3.57. The lowest BCUT2D eigenvalue weighted by molar-refractivity contribution is -0.137. The Kier molecular flexibility index (Phi) is 9.72. The Morgan fingerprint density at radius 2 is 1.94 bits per heavy atom. The van der Waals surface area contributed by atoms with E-state index in [4.69, 9.17) is 10.2 Å². The normalized spacial score (nSPS) is 17.8. The van der Waals surface area contributed by atoms with Gasteiger partial charge < -0.3 is 20.2 Å². The molecule has 2 rings (SSSR count). The lowest BCUT2D eigenvalue weighted by Gasteiger charge is -2.34. The summed E-state index contributed by atoms with van der Waals surface area (Å²) >= 11 is 0. The highest BCUT2D eigenvalue weighted by Gasteiger charge is 2.25. The van der Waals surface area contributed by atoms with Crippen molar-refractivity contribution in [1.29, 1.82) is 0 Å². The second kappa shape index (κ2) is 12.2. The molecule has 0 saturated carbocycles. The average Bonchev–Trinajstić information content (AvgIpc) is 2.69. The van der Waals surface area contributed by atoms with E-state index in [9.17, 15) is 19.5 Å². The molecule has 1 heterocycles. The van der Waals surface area contributed by atoms with Crippen LogP contribution in [0.3, 0.4) is 0 Å². The Labute approximate surface area is 183 Å². The summed E-state index contributed by atoms with van der Waals surface area (Å²) in [5.74, 6) is -1.61. The first kappa shape index (κ1) is 24.6. The van der Waals surface area contributed by atoms with E-state index in [2.05, 4.69) is 0 Å². The zero-order valence-corrected chi connectivity index (χ0v) is 18.1. The number of likely N-dealkylation sites (tertiary alicyclic amines) is 1. The highest BCUT2D eigenvalue weighted by molar-refractivity contribution is 5.89. The molecule has 31 heavy (non-hydrogen) atoms. The maximum Gasteiger partial charge on any atom is 0.335 e. The molecule has 1 amide bonds. The standard InChI is InChI=1S/C24H33NO6/c1-17-15-18(10-13-21(17)24(30)31)16-20(26)12-11-19-7-6-8-22(27)25(19)14-5-3-2-4-9-23(28)29/h10-13,15,19-20,26H,2-9,14,16H2,1H3,(H,28,29)(H,30,31)/t19-,20?/m1/s1. The van der Waals surface area contributed by atoms with Gasteiger partial charge in [-0.15, -0.1) is 0 Å². The van der Waals surface area contributed by atoms with Crippen LogP contribution in [0.15, 0.2) is 30.4 Å². The quantitative estimate of drug-likeness (QED) is 0.344. The van der Waals surface area contributed by atoms with Crippen LogP contribution in [0.5, 0.6) is 0 Å². The molecular formula is C24H33NO6. The van der Waals surface area contributed by atoms with Crippen molar-refractivity contribution in [2.24, 2.45) is 0 Å². The van der Waals surface area contributed by atoms with Crippen LogP contribution in [-0.4, -0.2) is 56.8 Å². The molecule has 1 aromatic carbocycles. The summed E-state index contributed by atoms with van der Waals surface area (Å²) in [5, 5.41) is 28.2. The van der Waals surface area contributed by atoms with Gasteiger partial charge >= 0.3 is 11.9 Å². The first-order chi connectivity index (χ1) is 14.8. The predicted molar refractivity (Wildman–Crippen MR) is 117 cm³/mol. The number of amides is 1. The number of aliphatic carboxylic acids is 1. The lowest BCUT2D eigenvalue weighted by Crippen LogP contribution is -2.43. The number of aromatic carboxylic acids is 1. The van der Waals surface area contributed by atoms with Gasteiger partial charge in [-0.1, -0.05) is 37.1 Å². The number of rotatable bonds is 12. The third-order valence-corrected chi connectivity index (χ3v) is 5.67. The number of carboxylic acid groups (broad SMARTS) is 2. The van der Waals surface area contributed by atoms with Crippen LogP contribution < -0.4 is 0 Å². The smallest absolute Gasteiger partial charge is 0.335 e. The van der Waals surface area contributed by atoms with E-state index < -0.39 is 18.0 Å².